The van der Waals surface area contributed by atoms with Crippen LogP contribution in [0.1, 0.15) is 31.1 Å². The van der Waals surface area contributed by atoms with Crippen molar-refractivity contribution < 1.29 is 24.0 Å². The minimum absolute atomic E-state index is 0.0438. The van der Waals surface area contributed by atoms with E-state index in [1.165, 1.54) is 43.5 Å². The van der Waals surface area contributed by atoms with Crippen LogP contribution in [-0.4, -0.2) is 29.8 Å². The molecular weight excluding hydrogens is 316 g/mol. The van der Waals surface area contributed by atoms with Gasteiger partial charge >= 0.3 is 5.97 Å². The Hall–Kier alpha value is -3.55. The predicted octanol–water partition coefficient (Wildman–Crippen LogP) is 2.18. The SMILES string of the molecule is COC(=O)c1cccc(N2C(=O)c3ccc([N+](=O)[O-])cc3C2=O)c1. The summed E-state index contributed by atoms with van der Waals surface area (Å²) < 4.78 is 4.61. The summed E-state index contributed by atoms with van der Waals surface area (Å²) in [4.78, 5) is 47.6. The van der Waals surface area contributed by atoms with E-state index in [4.69, 9.17) is 0 Å². The standard InChI is InChI=1S/C16H10N2O6/c1-24-16(21)9-3-2-4-10(7-9)17-14(19)12-6-5-11(18(22)23)8-13(12)15(17)20/h2-8H,1H3. The Bertz CT molecular complexity index is 905. The summed E-state index contributed by atoms with van der Waals surface area (Å²) in [6.07, 6.45) is 0. The number of non-ortho nitro benzene ring substituents is 1. The lowest BCUT2D eigenvalue weighted by atomic mass is 10.1. The number of amides is 2. The minimum Gasteiger partial charge on any atom is -0.465 e. The second kappa shape index (κ2) is 5.58. The first kappa shape index (κ1) is 15.3. The van der Waals surface area contributed by atoms with Crippen LogP contribution < -0.4 is 4.90 Å². The van der Waals surface area contributed by atoms with E-state index in [1.54, 1.807) is 0 Å². The largest absolute Gasteiger partial charge is 0.465 e. The molecule has 0 radical (unpaired) electrons. The van der Waals surface area contributed by atoms with Crippen LogP contribution in [0.15, 0.2) is 42.5 Å². The van der Waals surface area contributed by atoms with Crippen molar-refractivity contribution >= 4 is 29.2 Å². The molecule has 0 bridgehead atoms. The maximum absolute atomic E-state index is 12.5. The third kappa shape index (κ3) is 2.30. The molecule has 3 rings (SSSR count). The molecule has 2 amide bonds. The molecule has 0 aliphatic carbocycles. The summed E-state index contributed by atoms with van der Waals surface area (Å²) in [5.74, 6) is -1.89. The second-order valence-electron chi connectivity index (χ2n) is 4.97. The molecular formula is C16H10N2O6. The molecule has 8 heteroatoms. The zero-order chi connectivity index (χ0) is 17.4. The van der Waals surface area contributed by atoms with Crippen molar-refractivity contribution in [3.05, 3.63) is 69.3 Å². The summed E-state index contributed by atoms with van der Waals surface area (Å²) >= 11 is 0. The highest BCUT2D eigenvalue weighted by atomic mass is 16.6. The minimum atomic E-state index is -0.680. The molecule has 0 saturated carbocycles. The van der Waals surface area contributed by atoms with Gasteiger partial charge in [0.2, 0.25) is 0 Å². The number of methoxy groups -OCH3 is 1. The van der Waals surface area contributed by atoms with Crippen molar-refractivity contribution in [2.24, 2.45) is 0 Å². The first-order chi connectivity index (χ1) is 11.4. The van der Waals surface area contributed by atoms with E-state index in [0.29, 0.717) is 0 Å². The number of nitro groups is 1. The number of ether oxygens (including phenoxy) is 1. The second-order valence-corrected chi connectivity index (χ2v) is 4.97. The van der Waals surface area contributed by atoms with Crippen molar-refractivity contribution in [2.75, 3.05) is 12.0 Å². The fraction of sp³-hybridized carbons (Fsp3) is 0.0625. The third-order valence-corrected chi connectivity index (χ3v) is 3.61. The van der Waals surface area contributed by atoms with Gasteiger partial charge in [-0.15, -0.1) is 0 Å². The van der Waals surface area contributed by atoms with Crippen LogP contribution in [0.25, 0.3) is 0 Å². The predicted molar refractivity (Wildman–Crippen MR) is 82.0 cm³/mol. The van der Waals surface area contributed by atoms with Crippen molar-refractivity contribution in [1.29, 1.82) is 0 Å². The Morgan fingerprint density at radius 1 is 1.08 bits per heavy atom. The molecule has 0 aromatic heterocycles. The number of carbonyl (C=O) groups is 3. The number of rotatable bonds is 3. The van der Waals surface area contributed by atoms with Crippen LogP contribution in [0.3, 0.4) is 0 Å². The molecule has 0 fully saturated rings. The third-order valence-electron chi connectivity index (χ3n) is 3.61. The number of imide groups is 1. The Morgan fingerprint density at radius 3 is 2.46 bits per heavy atom. The summed E-state index contributed by atoms with van der Waals surface area (Å²) in [7, 11) is 1.22. The lowest BCUT2D eigenvalue weighted by Gasteiger charge is -2.14. The van der Waals surface area contributed by atoms with Gasteiger partial charge in [0.15, 0.2) is 0 Å². The van der Waals surface area contributed by atoms with E-state index < -0.39 is 22.7 Å². The summed E-state index contributed by atoms with van der Waals surface area (Å²) in [6, 6.07) is 9.31. The average molecular weight is 326 g/mol. The fourth-order valence-corrected chi connectivity index (χ4v) is 2.47. The number of nitrogens with zero attached hydrogens (tertiary/aromatic N) is 2. The molecule has 2 aromatic rings. The Kier molecular flexibility index (Phi) is 3.57. The molecule has 120 valence electrons. The topological polar surface area (TPSA) is 107 Å². The van der Waals surface area contributed by atoms with Crippen molar-refractivity contribution in [2.45, 2.75) is 0 Å². The average Bonchev–Trinajstić information content (AvgIpc) is 2.84. The number of hydrogen-bond donors (Lipinski definition) is 0. The van der Waals surface area contributed by atoms with Crippen LogP contribution in [0.5, 0.6) is 0 Å². The van der Waals surface area contributed by atoms with Crippen molar-refractivity contribution in [3.63, 3.8) is 0 Å². The number of anilines is 1. The molecule has 1 aliphatic heterocycles. The fourth-order valence-electron chi connectivity index (χ4n) is 2.47. The number of fused-ring (bicyclic) bond motifs is 1. The molecule has 0 unspecified atom stereocenters. The lowest BCUT2D eigenvalue weighted by molar-refractivity contribution is -0.384. The van der Waals surface area contributed by atoms with Crippen LogP contribution in [0, 0.1) is 10.1 Å². The highest BCUT2D eigenvalue weighted by Gasteiger charge is 2.38. The summed E-state index contributed by atoms with van der Waals surface area (Å²) in [5.41, 5.74) is 0.121. The number of esters is 1. The molecule has 0 atom stereocenters. The van der Waals surface area contributed by atoms with Gasteiger partial charge in [-0.05, 0) is 24.3 Å². The van der Waals surface area contributed by atoms with Gasteiger partial charge in [0, 0.05) is 12.1 Å². The van der Waals surface area contributed by atoms with Gasteiger partial charge in [0.1, 0.15) is 0 Å². The van der Waals surface area contributed by atoms with E-state index in [0.717, 1.165) is 11.0 Å². The quantitative estimate of drug-likeness (QED) is 0.370. The maximum Gasteiger partial charge on any atom is 0.337 e. The number of carbonyl (C=O) groups excluding carboxylic acids is 3. The maximum atomic E-state index is 12.5. The highest BCUT2D eigenvalue weighted by Crippen LogP contribution is 2.31. The zero-order valence-electron chi connectivity index (χ0n) is 12.4. The van der Waals surface area contributed by atoms with Gasteiger partial charge in [-0.3, -0.25) is 19.7 Å². The Balaban J connectivity index is 2.05. The van der Waals surface area contributed by atoms with E-state index in [-0.39, 0.29) is 28.1 Å². The molecule has 24 heavy (non-hydrogen) atoms. The van der Waals surface area contributed by atoms with Crippen molar-refractivity contribution in [3.8, 4) is 0 Å². The van der Waals surface area contributed by atoms with Crippen molar-refractivity contribution in [1.82, 2.24) is 0 Å². The van der Waals surface area contributed by atoms with Gasteiger partial charge < -0.3 is 4.74 Å². The van der Waals surface area contributed by atoms with Gasteiger partial charge in [-0.1, -0.05) is 6.07 Å². The first-order valence-electron chi connectivity index (χ1n) is 6.79. The Labute approximate surface area is 135 Å². The molecule has 0 N–H and O–H groups in total. The highest BCUT2D eigenvalue weighted by molar-refractivity contribution is 6.34. The molecule has 1 heterocycles. The molecule has 0 saturated heterocycles. The normalized spacial score (nSPS) is 13.0. The lowest BCUT2D eigenvalue weighted by Crippen LogP contribution is -2.29. The van der Waals surface area contributed by atoms with Gasteiger partial charge in [0.05, 0.1) is 34.4 Å². The van der Waals surface area contributed by atoms with Crippen LogP contribution in [0.4, 0.5) is 11.4 Å². The molecule has 2 aromatic carbocycles. The number of nitro benzene ring substituents is 1. The van der Waals surface area contributed by atoms with Crippen LogP contribution >= 0.6 is 0 Å². The monoisotopic (exact) mass is 326 g/mol. The number of benzene rings is 2. The van der Waals surface area contributed by atoms with Gasteiger partial charge in [-0.2, -0.15) is 0 Å². The summed E-state index contributed by atoms with van der Waals surface area (Å²) in [5, 5.41) is 10.8. The first-order valence-corrected chi connectivity index (χ1v) is 6.79. The number of hydrogen-bond acceptors (Lipinski definition) is 6. The van der Waals surface area contributed by atoms with Gasteiger partial charge in [0.25, 0.3) is 17.5 Å². The van der Waals surface area contributed by atoms with Gasteiger partial charge in [-0.25, -0.2) is 9.69 Å². The van der Waals surface area contributed by atoms with Crippen LogP contribution in [-0.2, 0) is 4.74 Å². The summed E-state index contributed by atoms with van der Waals surface area (Å²) in [6.45, 7) is 0. The van der Waals surface area contributed by atoms with E-state index >= 15 is 0 Å². The smallest absolute Gasteiger partial charge is 0.337 e. The molecule has 0 spiro atoms. The molecule has 1 aliphatic rings. The van der Waals surface area contributed by atoms with E-state index in [1.807, 2.05) is 0 Å². The van der Waals surface area contributed by atoms with Crippen LogP contribution in [0.2, 0.25) is 0 Å². The zero-order valence-corrected chi connectivity index (χ0v) is 12.4. The van der Waals surface area contributed by atoms with E-state index in [2.05, 4.69) is 4.74 Å². The Morgan fingerprint density at radius 2 is 1.79 bits per heavy atom. The van der Waals surface area contributed by atoms with E-state index in [9.17, 15) is 24.5 Å². The molecule has 8 nitrogen and oxygen atoms in total.